The first-order valence-corrected chi connectivity index (χ1v) is 5.59. The third-order valence-corrected chi connectivity index (χ3v) is 3.12. The molecule has 1 saturated carbocycles. The summed E-state index contributed by atoms with van der Waals surface area (Å²) in [6.45, 7) is 2.43. The van der Waals surface area contributed by atoms with Crippen molar-refractivity contribution in [2.45, 2.75) is 31.8 Å². The number of hydrogen-bond donors (Lipinski definition) is 1. The first kappa shape index (κ1) is 12.0. The fraction of sp³-hybridized carbons (Fsp3) is 1.00. The summed E-state index contributed by atoms with van der Waals surface area (Å²) in [4.78, 5) is 2.15. The highest BCUT2D eigenvalue weighted by atomic mass is 16.5. The van der Waals surface area contributed by atoms with E-state index in [0.29, 0.717) is 5.92 Å². The molecule has 1 N–H and O–H groups in total. The van der Waals surface area contributed by atoms with E-state index in [4.69, 9.17) is 4.74 Å². The van der Waals surface area contributed by atoms with Crippen LogP contribution in [0, 0.1) is 5.92 Å². The second-order valence-corrected chi connectivity index (χ2v) is 4.37. The molecule has 0 aromatic rings. The third-order valence-electron chi connectivity index (χ3n) is 3.12. The molecule has 3 heteroatoms. The topological polar surface area (TPSA) is 32.7 Å². The second kappa shape index (κ2) is 6.38. The molecule has 0 radical (unpaired) electrons. The Morgan fingerprint density at radius 3 is 2.64 bits per heavy atom. The van der Waals surface area contributed by atoms with Crippen LogP contribution in [0.2, 0.25) is 0 Å². The highest BCUT2D eigenvalue weighted by Gasteiger charge is 2.23. The SMILES string of the molecule is COCCN(C)CC(O)C1CCCC1. The minimum atomic E-state index is -0.139. The van der Waals surface area contributed by atoms with Gasteiger partial charge < -0.3 is 14.7 Å². The predicted octanol–water partition coefficient (Wildman–Crippen LogP) is 1.12. The number of likely N-dealkylation sites (N-methyl/N-ethyl adjacent to an activating group) is 1. The van der Waals surface area contributed by atoms with Crippen LogP contribution >= 0.6 is 0 Å². The van der Waals surface area contributed by atoms with Gasteiger partial charge >= 0.3 is 0 Å². The second-order valence-electron chi connectivity index (χ2n) is 4.37. The Balaban J connectivity index is 2.14. The normalized spacial score (nSPS) is 20.6. The van der Waals surface area contributed by atoms with E-state index in [2.05, 4.69) is 4.90 Å². The number of aliphatic hydroxyl groups excluding tert-OH is 1. The number of ether oxygens (including phenoxy) is 1. The molecule has 1 unspecified atom stereocenters. The van der Waals surface area contributed by atoms with Gasteiger partial charge in [-0.25, -0.2) is 0 Å². The average Bonchev–Trinajstić information content (AvgIpc) is 2.67. The van der Waals surface area contributed by atoms with E-state index in [0.717, 1.165) is 19.7 Å². The summed E-state index contributed by atoms with van der Waals surface area (Å²) in [5, 5.41) is 9.94. The zero-order valence-electron chi connectivity index (χ0n) is 9.41. The van der Waals surface area contributed by atoms with Gasteiger partial charge in [-0.15, -0.1) is 0 Å². The maximum atomic E-state index is 9.94. The predicted molar refractivity (Wildman–Crippen MR) is 57.3 cm³/mol. The van der Waals surface area contributed by atoms with Crippen molar-refractivity contribution in [1.29, 1.82) is 0 Å². The number of nitrogens with zero attached hydrogens (tertiary/aromatic N) is 1. The molecule has 0 aliphatic heterocycles. The van der Waals surface area contributed by atoms with Crippen LogP contribution in [0.3, 0.4) is 0 Å². The van der Waals surface area contributed by atoms with Gasteiger partial charge in [0, 0.05) is 20.2 Å². The van der Waals surface area contributed by atoms with Gasteiger partial charge in [0.25, 0.3) is 0 Å². The molecule has 1 fully saturated rings. The van der Waals surface area contributed by atoms with Crippen molar-refractivity contribution < 1.29 is 9.84 Å². The minimum absolute atomic E-state index is 0.139. The summed E-state index contributed by atoms with van der Waals surface area (Å²) >= 11 is 0. The van der Waals surface area contributed by atoms with Crippen LogP contribution in [0.4, 0.5) is 0 Å². The third kappa shape index (κ3) is 3.95. The van der Waals surface area contributed by atoms with E-state index >= 15 is 0 Å². The first-order valence-electron chi connectivity index (χ1n) is 5.59. The molecule has 1 aliphatic carbocycles. The lowest BCUT2D eigenvalue weighted by Gasteiger charge is -2.24. The van der Waals surface area contributed by atoms with Gasteiger partial charge in [0.2, 0.25) is 0 Å². The molecule has 1 aliphatic rings. The van der Waals surface area contributed by atoms with E-state index in [1.807, 2.05) is 7.05 Å². The van der Waals surface area contributed by atoms with E-state index in [9.17, 15) is 5.11 Å². The molecule has 1 atom stereocenters. The molecule has 1 rings (SSSR count). The molecule has 0 saturated heterocycles. The Morgan fingerprint density at radius 2 is 2.07 bits per heavy atom. The lowest BCUT2D eigenvalue weighted by Crippen LogP contribution is -2.35. The van der Waals surface area contributed by atoms with E-state index in [1.165, 1.54) is 25.7 Å². The van der Waals surface area contributed by atoms with Gasteiger partial charge in [-0.1, -0.05) is 12.8 Å². The van der Waals surface area contributed by atoms with Crippen molar-refractivity contribution in [1.82, 2.24) is 4.90 Å². The van der Waals surface area contributed by atoms with E-state index in [1.54, 1.807) is 7.11 Å². The van der Waals surface area contributed by atoms with Crippen molar-refractivity contribution in [3.05, 3.63) is 0 Å². The summed E-state index contributed by atoms with van der Waals surface area (Å²) in [7, 11) is 3.75. The van der Waals surface area contributed by atoms with Gasteiger partial charge in [-0.3, -0.25) is 0 Å². The summed E-state index contributed by atoms with van der Waals surface area (Å²) < 4.78 is 5.00. The lowest BCUT2D eigenvalue weighted by molar-refractivity contribution is 0.0643. The van der Waals surface area contributed by atoms with Gasteiger partial charge in [-0.2, -0.15) is 0 Å². The Bertz CT molecular complexity index is 146. The average molecular weight is 201 g/mol. The van der Waals surface area contributed by atoms with Crippen molar-refractivity contribution >= 4 is 0 Å². The highest BCUT2D eigenvalue weighted by molar-refractivity contribution is 4.76. The van der Waals surface area contributed by atoms with Crippen LogP contribution in [0.5, 0.6) is 0 Å². The number of rotatable bonds is 6. The Labute approximate surface area is 87.1 Å². The molecule has 3 nitrogen and oxygen atoms in total. The Hall–Kier alpha value is -0.120. The number of hydrogen-bond acceptors (Lipinski definition) is 3. The maximum absolute atomic E-state index is 9.94. The molecule has 0 aromatic carbocycles. The van der Waals surface area contributed by atoms with Gasteiger partial charge in [0.15, 0.2) is 0 Å². The van der Waals surface area contributed by atoms with Crippen LogP contribution in [-0.2, 0) is 4.74 Å². The van der Waals surface area contributed by atoms with Crippen LogP contribution < -0.4 is 0 Å². The van der Waals surface area contributed by atoms with Gasteiger partial charge in [0.05, 0.1) is 12.7 Å². The Kier molecular flexibility index (Phi) is 5.45. The van der Waals surface area contributed by atoms with Crippen LogP contribution in [-0.4, -0.2) is 50.0 Å². The minimum Gasteiger partial charge on any atom is -0.392 e. The summed E-state index contributed by atoms with van der Waals surface area (Å²) in [5.41, 5.74) is 0. The zero-order chi connectivity index (χ0) is 10.4. The largest absolute Gasteiger partial charge is 0.392 e. The first-order chi connectivity index (χ1) is 6.74. The standard InChI is InChI=1S/C11H23NO2/c1-12(7-8-14-2)9-11(13)10-5-3-4-6-10/h10-11,13H,3-9H2,1-2H3. The molecule has 0 spiro atoms. The Morgan fingerprint density at radius 1 is 1.43 bits per heavy atom. The van der Waals surface area contributed by atoms with Gasteiger partial charge in [-0.05, 0) is 25.8 Å². The van der Waals surface area contributed by atoms with E-state index in [-0.39, 0.29) is 6.10 Å². The molecular weight excluding hydrogens is 178 g/mol. The summed E-state index contributed by atoms with van der Waals surface area (Å²) in [6, 6.07) is 0. The molecule has 0 amide bonds. The fourth-order valence-corrected chi connectivity index (χ4v) is 2.15. The van der Waals surface area contributed by atoms with Crippen molar-refractivity contribution in [2.75, 3.05) is 33.9 Å². The van der Waals surface area contributed by atoms with Crippen molar-refractivity contribution in [3.63, 3.8) is 0 Å². The summed E-state index contributed by atoms with van der Waals surface area (Å²) in [6.07, 6.45) is 4.87. The van der Waals surface area contributed by atoms with Crippen LogP contribution in [0.15, 0.2) is 0 Å². The monoisotopic (exact) mass is 201 g/mol. The molecule has 0 bridgehead atoms. The van der Waals surface area contributed by atoms with Gasteiger partial charge in [0.1, 0.15) is 0 Å². The smallest absolute Gasteiger partial charge is 0.0695 e. The van der Waals surface area contributed by atoms with Crippen molar-refractivity contribution in [2.24, 2.45) is 5.92 Å². The van der Waals surface area contributed by atoms with E-state index < -0.39 is 0 Å². The number of aliphatic hydroxyl groups is 1. The number of methoxy groups -OCH3 is 1. The lowest BCUT2D eigenvalue weighted by atomic mass is 10.0. The molecule has 14 heavy (non-hydrogen) atoms. The zero-order valence-corrected chi connectivity index (χ0v) is 9.41. The molecule has 0 aromatic heterocycles. The summed E-state index contributed by atoms with van der Waals surface area (Å²) in [5.74, 6) is 0.542. The fourth-order valence-electron chi connectivity index (χ4n) is 2.15. The molecule has 0 heterocycles. The van der Waals surface area contributed by atoms with Crippen LogP contribution in [0.1, 0.15) is 25.7 Å². The van der Waals surface area contributed by atoms with Crippen LogP contribution in [0.25, 0.3) is 0 Å². The van der Waals surface area contributed by atoms with Crippen molar-refractivity contribution in [3.8, 4) is 0 Å². The highest BCUT2D eigenvalue weighted by Crippen LogP contribution is 2.27. The molecule has 84 valence electrons. The quantitative estimate of drug-likeness (QED) is 0.699. The maximum Gasteiger partial charge on any atom is 0.0695 e. The molecular formula is C11H23NO2.